The van der Waals surface area contributed by atoms with Gasteiger partial charge in [-0.3, -0.25) is 9.59 Å². The smallest absolute Gasteiger partial charge is 0.257 e. The fraction of sp³-hybridized carbons (Fsp3) is 0.292. The van der Waals surface area contributed by atoms with E-state index in [2.05, 4.69) is 10.4 Å². The fourth-order valence-electron chi connectivity index (χ4n) is 3.59. The molecule has 1 fully saturated rings. The Morgan fingerprint density at radius 2 is 2.03 bits per heavy atom. The molecule has 2 amide bonds. The molecule has 0 bridgehead atoms. The first-order chi connectivity index (χ1) is 15.4. The number of carbonyl (C=O) groups is 2. The first-order valence-corrected chi connectivity index (χ1v) is 10.8. The van der Waals surface area contributed by atoms with E-state index in [1.54, 1.807) is 49.3 Å². The highest BCUT2D eigenvalue weighted by molar-refractivity contribution is 6.31. The number of rotatable bonds is 7. The van der Waals surface area contributed by atoms with Crippen molar-refractivity contribution >= 4 is 29.1 Å². The normalized spacial score (nSPS) is 13.0. The number of aryl methyl sites for hydroxylation is 1. The summed E-state index contributed by atoms with van der Waals surface area (Å²) in [5.74, 6) is 0.386. The molecular weight excluding hydrogens is 428 g/mol. The second-order valence-electron chi connectivity index (χ2n) is 8.00. The van der Waals surface area contributed by atoms with E-state index in [0.29, 0.717) is 22.0 Å². The van der Waals surface area contributed by atoms with Gasteiger partial charge in [-0.1, -0.05) is 23.7 Å². The predicted octanol–water partition coefficient (Wildman–Crippen LogP) is 4.43. The fourth-order valence-corrected chi connectivity index (χ4v) is 3.76. The number of halogens is 1. The molecule has 3 aromatic rings. The summed E-state index contributed by atoms with van der Waals surface area (Å²) in [6.45, 7) is 1.86. The summed E-state index contributed by atoms with van der Waals surface area (Å²) in [5.41, 5.74) is 3.79. The molecule has 0 atom stereocenters. The monoisotopic (exact) mass is 452 g/mol. The second-order valence-corrected chi connectivity index (χ2v) is 8.41. The van der Waals surface area contributed by atoms with Gasteiger partial charge in [-0.2, -0.15) is 5.10 Å². The van der Waals surface area contributed by atoms with E-state index in [1.165, 1.54) is 4.90 Å². The van der Waals surface area contributed by atoms with Gasteiger partial charge in [-0.15, -0.1) is 0 Å². The third-order valence-electron chi connectivity index (χ3n) is 5.48. The number of hydrogen-bond acceptors (Lipinski definition) is 4. The van der Waals surface area contributed by atoms with Gasteiger partial charge in [-0.05, 0) is 49.6 Å². The lowest BCUT2D eigenvalue weighted by atomic mass is 10.1. The first kappa shape index (κ1) is 21.9. The Morgan fingerprint density at radius 1 is 1.25 bits per heavy atom. The lowest BCUT2D eigenvalue weighted by Gasteiger charge is -2.18. The molecule has 0 saturated heterocycles. The SMILES string of the molecule is COc1cccc(NC(=O)CN(C)C(=O)c2cnn(-c3ccc(C)c(Cl)c3)c2C2CC2)c1. The molecule has 8 heteroatoms. The Bertz CT molecular complexity index is 1170. The van der Waals surface area contributed by atoms with Gasteiger partial charge in [0.2, 0.25) is 5.91 Å². The van der Waals surface area contributed by atoms with Gasteiger partial charge in [-0.25, -0.2) is 4.68 Å². The number of methoxy groups -OCH3 is 1. The highest BCUT2D eigenvalue weighted by atomic mass is 35.5. The average molecular weight is 453 g/mol. The number of anilines is 1. The minimum Gasteiger partial charge on any atom is -0.497 e. The molecule has 0 unspecified atom stereocenters. The Labute approximate surface area is 191 Å². The number of benzene rings is 2. The molecule has 166 valence electrons. The molecule has 4 rings (SSSR count). The minimum atomic E-state index is -0.292. The second kappa shape index (κ2) is 9.04. The van der Waals surface area contributed by atoms with E-state index in [9.17, 15) is 9.59 Å². The highest BCUT2D eigenvalue weighted by Gasteiger charge is 2.34. The lowest BCUT2D eigenvalue weighted by molar-refractivity contribution is -0.116. The lowest BCUT2D eigenvalue weighted by Crippen LogP contribution is -2.35. The molecule has 2 aromatic carbocycles. The summed E-state index contributed by atoms with van der Waals surface area (Å²) < 4.78 is 6.97. The summed E-state index contributed by atoms with van der Waals surface area (Å²) >= 11 is 6.31. The average Bonchev–Trinajstić information content (AvgIpc) is 3.53. The summed E-state index contributed by atoms with van der Waals surface area (Å²) in [4.78, 5) is 27.1. The maximum absolute atomic E-state index is 13.2. The van der Waals surface area contributed by atoms with Crippen molar-refractivity contribution < 1.29 is 14.3 Å². The molecule has 1 heterocycles. The molecule has 0 radical (unpaired) electrons. The maximum Gasteiger partial charge on any atom is 0.257 e. The van der Waals surface area contributed by atoms with Crippen LogP contribution in [0, 0.1) is 6.92 Å². The van der Waals surface area contributed by atoms with Crippen molar-refractivity contribution in [3.05, 3.63) is 70.5 Å². The van der Waals surface area contributed by atoms with Crippen LogP contribution >= 0.6 is 11.6 Å². The third-order valence-corrected chi connectivity index (χ3v) is 5.89. The number of likely N-dealkylation sites (N-methyl/N-ethyl adjacent to an activating group) is 1. The number of carbonyl (C=O) groups excluding carboxylic acids is 2. The zero-order chi connectivity index (χ0) is 22.8. The summed E-state index contributed by atoms with van der Waals surface area (Å²) in [7, 11) is 3.18. The van der Waals surface area contributed by atoms with Crippen molar-refractivity contribution in [1.29, 1.82) is 0 Å². The van der Waals surface area contributed by atoms with Crippen LogP contribution in [-0.2, 0) is 4.79 Å². The number of aromatic nitrogens is 2. The van der Waals surface area contributed by atoms with Crippen LogP contribution in [0.4, 0.5) is 5.69 Å². The van der Waals surface area contributed by atoms with Gasteiger partial charge in [0.15, 0.2) is 0 Å². The topological polar surface area (TPSA) is 76.5 Å². The number of hydrogen-bond donors (Lipinski definition) is 1. The Morgan fingerprint density at radius 3 is 2.72 bits per heavy atom. The van der Waals surface area contributed by atoms with Crippen molar-refractivity contribution in [2.75, 3.05) is 26.0 Å². The van der Waals surface area contributed by atoms with E-state index < -0.39 is 0 Å². The van der Waals surface area contributed by atoms with Crippen LogP contribution in [0.25, 0.3) is 5.69 Å². The molecule has 0 aliphatic heterocycles. The molecule has 32 heavy (non-hydrogen) atoms. The van der Waals surface area contributed by atoms with Crippen LogP contribution < -0.4 is 10.1 Å². The van der Waals surface area contributed by atoms with E-state index >= 15 is 0 Å². The molecule has 0 spiro atoms. The van der Waals surface area contributed by atoms with E-state index in [-0.39, 0.29) is 24.3 Å². The van der Waals surface area contributed by atoms with Gasteiger partial charge in [0.05, 0.1) is 36.8 Å². The summed E-state index contributed by atoms with van der Waals surface area (Å²) in [5, 5.41) is 7.93. The van der Waals surface area contributed by atoms with E-state index in [4.69, 9.17) is 16.3 Å². The van der Waals surface area contributed by atoms with Crippen LogP contribution in [0.5, 0.6) is 5.75 Å². The van der Waals surface area contributed by atoms with Gasteiger partial charge in [0.25, 0.3) is 5.91 Å². The Hall–Kier alpha value is -3.32. The minimum absolute atomic E-state index is 0.0817. The molecule has 1 aliphatic carbocycles. The molecule has 1 aromatic heterocycles. The molecular formula is C24H25ClN4O3. The quantitative estimate of drug-likeness (QED) is 0.575. The Kier molecular flexibility index (Phi) is 6.19. The van der Waals surface area contributed by atoms with Crippen LogP contribution in [0.3, 0.4) is 0 Å². The van der Waals surface area contributed by atoms with Crippen molar-refractivity contribution in [3.8, 4) is 11.4 Å². The number of nitrogens with one attached hydrogen (secondary N) is 1. The van der Waals surface area contributed by atoms with E-state index in [0.717, 1.165) is 29.8 Å². The van der Waals surface area contributed by atoms with Crippen LogP contribution in [0.2, 0.25) is 5.02 Å². The van der Waals surface area contributed by atoms with Gasteiger partial charge in [0, 0.05) is 29.7 Å². The standard InChI is InChI=1S/C24H25ClN4O3/c1-15-7-10-18(12-21(15)25)29-23(16-8-9-16)20(13-26-29)24(31)28(2)14-22(30)27-17-5-4-6-19(11-17)32-3/h4-7,10-13,16H,8-9,14H2,1-3H3,(H,27,30). The zero-order valence-electron chi connectivity index (χ0n) is 18.3. The van der Waals surface area contributed by atoms with E-state index in [1.807, 2.05) is 25.1 Å². The van der Waals surface area contributed by atoms with Gasteiger partial charge < -0.3 is 15.0 Å². The third kappa shape index (κ3) is 4.62. The molecule has 1 N–H and O–H groups in total. The summed E-state index contributed by atoms with van der Waals surface area (Å²) in [6, 6.07) is 12.8. The maximum atomic E-state index is 13.2. The van der Waals surface area contributed by atoms with Crippen LogP contribution in [-0.4, -0.2) is 47.2 Å². The predicted molar refractivity (Wildman–Crippen MR) is 124 cm³/mol. The zero-order valence-corrected chi connectivity index (χ0v) is 19.0. The first-order valence-electron chi connectivity index (χ1n) is 10.4. The van der Waals surface area contributed by atoms with Crippen molar-refractivity contribution in [2.45, 2.75) is 25.7 Å². The molecule has 7 nitrogen and oxygen atoms in total. The van der Waals surface area contributed by atoms with Crippen molar-refractivity contribution in [3.63, 3.8) is 0 Å². The van der Waals surface area contributed by atoms with Gasteiger partial charge in [0.1, 0.15) is 5.75 Å². The largest absolute Gasteiger partial charge is 0.497 e. The summed E-state index contributed by atoms with van der Waals surface area (Å²) in [6.07, 6.45) is 3.59. The number of amides is 2. The van der Waals surface area contributed by atoms with Crippen LogP contribution in [0.1, 0.15) is 40.4 Å². The molecule has 1 saturated carbocycles. The number of nitrogens with zero attached hydrogens (tertiary/aromatic N) is 3. The van der Waals surface area contributed by atoms with Crippen molar-refractivity contribution in [2.24, 2.45) is 0 Å². The van der Waals surface area contributed by atoms with Gasteiger partial charge >= 0.3 is 0 Å². The molecule has 1 aliphatic rings. The van der Waals surface area contributed by atoms with Crippen molar-refractivity contribution in [1.82, 2.24) is 14.7 Å². The Balaban J connectivity index is 1.51. The van der Waals surface area contributed by atoms with Crippen LogP contribution in [0.15, 0.2) is 48.7 Å². The number of ether oxygens (including phenoxy) is 1. The highest BCUT2D eigenvalue weighted by Crippen LogP contribution is 2.43.